The van der Waals surface area contributed by atoms with Gasteiger partial charge < -0.3 is 9.72 Å². The Balaban J connectivity index is 2.14. The third kappa shape index (κ3) is 3.13. The molecule has 1 aromatic carbocycles. The fourth-order valence-electron chi connectivity index (χ4n) is 2.46. The summed E-state index contributed by atoms with van der Waals surface area (Å²) in [7, 11) is 1.30. The van der Waals surface area contributed by atoms with Crippen LogP contribution in [0.5, 0.6) is 0 Å². The van der Waals surface area contributed by atoms with Crippen molar-refractivity contribution in [3.8, 4) is 0 Å². The van der Waals surface area contributed by atoms with Gasteiger partial charge in [0.15, 0.2) is 0 Å². The Morgan fingerprint density at radius 3 is 2.58 bits per heavy atom. The molecule has 0 atom stereocenters. The fraction of sp³-hybridized carbons (Fsp3) is 0.118. The quantitative estimate of drug-likeness (QED) is 0.565. The minimum atomic E-state index is -0.441. The number of carbonyl (C=O) groups excluding carboxylic acids is 2. The number of halogens is 2. The number of pyridine rings is 1. The van der Waals surface area contributed by atoms with Crippen molar-refractivity contribution in [1.29, 1.82) is 0 Å². The van der Waals surface area contributed by atoms with E-state index in [4.69, 9.17) is 27.9 Å². The summed E-state index contributed by atoms with van der Waals surface area (Å²) in [6, 6.07) is 8.28. The zero-order valence-corrected chi connectivity index (χ0v) is 14.1. The number of nitrogens with one attached hydrogen (secondary N) is 1. The van der Waals surface area contributed by atoms with E-state index in [-0.39, 0.29) is 23.6 Å². The van der Waals surface area contributed by atoms with Gasteiger partial charge in [-0.15, -0.1) is 0 Å². The van der Waals surface area contributed by atoms with Crippen molar-refractivity contribution < 1.29 is 14.3 Å². The van der Waals surface area contributed by atoms with Crippen molar-refractivity contribution in [2.45, 2.75) is 6.42 Å². The molecule has 0 amide bonds. The Bertz CT molecular complexity index is 933. The summed E-state index contributed by atoms with van der Waals surface area (Å²) < 4.78 is 4.73. The van der Waals surface area contributed by atoms with E-state index in [9.17, 15) is 9.59 Å². The number of nitrogens with zero attached hydrogens (tertiary/aromatic N) is 1. The lowest BCUT2D eigenvalue weighted by atomic mass is 10.0. The average molecular weight is 363 g/mol. The molecule has 0 aliphatic rings. The maximum atomic E-state index is 12.8. The van der Waals surface area contributed by atoms with Gasteiger partial charge in [-0.05, 0) is 24.3 Å². The van der Waals surface area contributed by atoms with E-state index < -0.39 is 5.97 Å². The van der Waals surface area contributed by atoms with Crippen molar-refractivity contribution in [2.75, 3.05) is 7.11 Å². The summed E-state index contributed by atoms with van der Waals surface area (Å²) in [6.45, 7) is 0. The molecule has 1 N–H and O–H groups in total. The van der Waals surface area contributed by atoms with Gasteiger partial charge in [0, 0.05) is 27.7 Å². The number of aromatic amines is 1. The number of esters is 1. The summed E-state index contributed by atoms with van der Waals surface area (Å²) in [5, 5.41) is 1.70. The monoisotopic (exact) mass is 362 g/mol. The number of rotatable bonds is 4. The van der Waals surface area contributed by atoms with Gasteiger partial charge in [0.1, 0.15) is 5.69 Å². The van der Waals surface area contributed by atoms with Gasteiger partial charge in [0.25, 0.3) is 0 Å². The van der Waals surface area contributed by atoms with E-state index in [1.54, 1.807) is 24.3 Å². The SMILES string of the molecule is COC(=O)Cc1c(C(=O)c2ccc(Cl)cn2)[nH]c2cc(Cl)ccc12. The molecular formula is C17H12Cl2N2O3. The molecular weight excluding hydrogens is 351 g/mol. The molecule has 3 rings (SSSR count). The van der Waals surface area contributed by atoms with Gasteiger partial charge in [-0.2, -0.15) is 0 Å². The van der Waals surface area contributed by atoms with Gasteiger partial charge in [0.05, 0.1) is 24.2 Å². The van der Waals surface area contributed by atoms with Gasteiger partial charge in [-0.25, -0.2) is 0 Å². The van der Waals surface area contributed by atoms with Crippen LogP contribution in [0.4, 0.5) is 0 Å². The Morgan fingerprint density at radius 2 is 1.92 bits per heavy atom. The third-order valence-electron chi connectivity index (χ3n) is 3.60. The summed E-state index contributed by atoms with van der Waals surface area (Å²) >= 11 is 11.8. The lowest BCUT2D eigenvalue weighted by Gasteiger charge is -2.03. The van der Waals surface area contributed by atoms with Crippen LogP contribution in [0.3, 0.4) is 0 Å². The number of fused-ring (bicyclic) bond motifs is 1. The highest BCUT2D eigenvalue weighted by Gasteiger charge is 2.22. The maximum Gasteiger partial charge on any atom is 0.310 e. The van der Waals surface area contributed by atoms with Crippen molar-refractivity contribution in [3.05, 3.63) is 63.5 Å². The van der Waals surface area contributed by atoms with Gasteiger partial charge in [0.2, 0.25) is 5.78 Å². The molecule has 0 saturated carbocycles. The van der Waals surface area contributed by atoms with Crippen LogP contribution in [0.15, 0.2) is 36.5 Å². The zero-order valence-electron chi connectivity index (χ0n) is 12.6. The van der Waals surface area contributed by atoms with Crippen LogP contribution in [-0.4, -0.2) is 28.8 Å². The number of hydrogen-bond acceptors (Lipinski definition) is 4. The average Bonchev–Trinajstić information content (AvgIpc) is 2.92. The Kier molecular flexibility index (Phi) is 4.55. The van der Waals surface area contributed by atoms with Crippen LogP contribution in [0.2, 0.25) is 10.0 Å². The van der Waals surface area contributed by atoms with Crippen LogP contribution in [0, 0.1) is 0 Å². The number of H-pyrrole nitrogens is 1. The number of ketones is 1. The molecule has 5 nitrogen and oxygen atoms in total. The van der Waals surface area contributed by atoms with E-state index in [1.165, 1.54) is 19.4 Å². The highest BCUT2D eigenvalue weighted by atomic mass is 35.5. The van der Waals surface area contributed by atoms with Gasteiger partial charge in [-0.3, -0.25) is 14.6 Å². The number of carbonyl (C=O) groups is 2. The van der Waals surface area contributed by atoms with E-state index in [0.717, 1.165) is 5.39 Å². The normalized spacial score (nSPS) is 10.8. The first-order chi connectivity index (χ1) is 11.5. The van der Waals surface area contributed by atoms with Crippen molar-refractivity contribution in [3.63, 3.8) is 0 Å². The molecule has 0 aliphatic heterocycles. The van der Waals surface area contributed by atoms with Crippen molar-refractivity contribution in [2.24, 2.45) is 0 Å². The van der Waals surface area contributed by atoms with E-state index in [1.807, 2.05) is 0 Å². The maximum absolute atomic E-state index is 12.8. The van der Waals surface area contributed by atoms with Crippen molar-refractivity contribution >= 4 is 45.9 Å². The second-order valence-corrected chi connectivity index (χ2v) is 5.99. The van der Waals surface area contributed by atoms with E-state index >= 15 is 0 Å². The van der Waals surface area contributed by atoms with Crippen LogP contribution in [0.25, 0.3) is 10.9 Å². The molecule has 24 heavy (non-hydrogen) atoms. The highest BCUT2D eigenvalue weighted by molar-refractivity contribution is 6.31. The van der Waals surface area contributed by atoms with Crippen LogP contribution in [-0.2, 0) is 16.0 Å². The summed E-state index contributed by atoms with van der Waals surface area (Å²) in [5.41, 5.74) is 1.73. The lowest BCUT2D eigenvalue weighted by molar-refractivity contribution is -0.139. The molecule has 0 spiro atoms. The first-order valence-electron chi connectivity index (χ1n) is 7.02. The van der Waals surface area contributed by atoms with Crippen molar-refractivity contribution in [1.82, 2.24) is 9.97 Å². The molecule has 7 heteroatoms. The number of aromatic nitrogens is 2. The molecule has 0 bridgehead atoms. The van der Waals surface area contributed by atoms with Crippen LogP contribution < -0.4 is 0 Å². The lowest BCUT2D eigenvalue weighted by Crippen LogP contribution is -2.11. The first-order valence-corrected chi connectivity index (χ1v) is 7.78. The number of benzene rings is 1. The molecule has 0 radical (unpaired) electrons. The Labute approximate surface area is 147 Å². The number of hydrogen-bond donors (Lipinski definition) is 1. The molecule has 0 aliphatic carbocycles. The fourth-order valence-corrected chi connectivity index (χ4v) is 2.74. The minimum absolute atomic E-state index is 0.0349. The van der Waals surface area contributed by atoms with E-state index in [0.29, 0.717) is 21.1 Å². The molecule has 2 aromatic heterocycles. The minimum Gasteiger partial charge on any atom is -0.469 e. The molecule has 2 heterocycles. The molecule has 3 aromatic rings. The smallest absolute Gasteiger partial charge is 0.310 e. The highest BCUT2D eigenvalue weighted by Crippen LogP contribution is 2.27. The molecule has 0 unspecified atom stereocenters. The second-order valence-electron chi connectivity index (χ2n) is 5.11. The standard InChI is InChI=1S/C17H12Cl2N2O3/c1-24-15(22)7-12-11-4-2-9(18)6-14(11)21-16(12)17(23)13-5-3-10(19)8-20-13/h2-6,8,21H,7H2,1H3. The zero-order chi connectivity index (χ0) is 17.3. The summed E-state index contributed by atoms with van der Waals surface area (Å²) in [5.74, 6) is -0.776. The number of methoxy groups -OCH3 is 1. The molecule has 122 valence electrons. The van der Waals surface area contributed by atoms with Gasteiger partial charge in [-0.1, -0.05) is 29.3 Å². The summed E-state index contributed by atoms with van der Waals surface area (Å²) in [6.07, 6.45) is 1.36. The van der Waals surface area contributed by atoms with Gasteiger partial charge >= 0.3 is 5.97 Å². The second kappa shape index (κ2) is 6.63. The van der Waals surface area contributed by atoms with Crippen LogP contribution in [0.1, 0.15) is 21.7 Å². The predicted molar refractivity (Wildman–Crippen MR) is 91.7 cm³/mol. The summed E-state index contributed by atoms with van der Waals surface area (Å²) in [4.78, 5) is 31.6. The third-order valence-corrected chi connectivity index (χ3v) is 4.06. The number of ether oxygens (including phenoxy) is 1. The van der Waals surface area contributed by atoms with Crippen LogP contribution >= 0.6 is 23.2 Å². The first kappa shape index (κ1) is 16.5. The topological polar surface area (TPSA) is 72.1 Å². The van der Waals surface area contributed by atoms with E-state index in [2.05, 4.69) is 9.97 Å². The Hall–Kier alpha value is -2.37. The Morgan fingerprint density at radius 1 is 1.17 bits per heavy atom. The molecule has 0 fully saturated rings. The predicted octanol–water partition coefficient (Wildman–Crippen LogP) is 3.82. The largest absolute Gasteiger partial charge is 0.469 e. The molecule has 0 saturated heterocycles.